The molecule has 1 aliphatic rings. The van der Waals surface area contributed by atoms with Gasteiger partial charge in [0.2, 0.25) is 0 Å². The molecule has 0 aromatic heterocycles. The number of hydrogen-bond donors (Lipinski definition) is 1. The van der Waals surface area contributed by atoms with Gasteiger partial charge in [0.1, 0.15) is 10.6 Å². The summed E-state index contributed by atoms with van der Waals surface area (Å²) in [6.45, 7) is 0.245. The zero-order valence-corrected chi connectivity index (χ0v) is 18.3. The molecule has 3 aromatic rings. The number of nitrogens with zero attached hydrogens (tertiary/aromatic N) is 1. The van der Waals surface area contributed by atoms with Gasteiger partial charge in [0.15, 0.2) is 0 Å². The SMILES string of the molecule is O=C1C(Nc2ccc(I)cc2)=C(Sc2ccccc2)C(=O)N1Cc1ccccc1. The van der Waals surface area contributed by atoms with E-state index in [1.54, 1.807) is 0 Å². The Morgan fingerprint density at radius 2 is 1.41 bits per heavy atom. The summed E-state index contributed by atoms with van der Waals surface area (Å²) in [4.78, 5) is 28.9. The third-order valence-electron chi connectivity index (χ3n) is 4.39. The Morgan fingerprint density at radius 1 is 0.793 bits per heavy atom. The lowest BCUT2D eigenvalue weighted by Gasteiger charge is -2.15. The number of nitrogens with one attached hydrogen (secondary N) is 1. The number of imide groups is 1. The maximum Gasteiger partial charge on any atom is 0.278 e. The molecule has 3 aromatic carbocycles. The number of carbonyl (C=O) groups excluding carboxylic acids is 2. The van der Waals surface area contributed by atoms with Crippen molar-refractivity contribution in [2.24, 2.45) is 0 Å². The fourth-order valence-electron chi connectivity index (χ4n) is 2.95. The number of carbonyl (C=O) groups is 2. The van der Waals surface area contributed by atoms with E-state index in [4.69, 9.17) is 0 Å². The molecule has 0 radical (unpaired) electrons. The maximum atomic E-state index is 13.2. The van der Waals surface area contributed by atoms with Gasteiger partial charge < -0.3 is 5.32 Å². The van der Waals surface area contributed by atoms with E-state index < -0.39 is 0 Å². The molecule has 29 heavy (non-hydrogen) atoms. The van der Waals surface area contributed by atoms with E-state index in [-0.39, 0.29) is 18.4 Å². The van der Waals surface area contributed by atoms with Crippen LogP contribution in [0.3, 0.4) is 0 Å². The highest BCUT2D eigenvalue weighted by atomic mass is 127. The first kappa shape index (κ1) is 19.7. The predicted octanol–water partition coefficient (Wildman–Crippen LogP) is 5.28. The van der Waals surface area contributed by atoms with Crippen molar-refractivity contribution >= 4 is 51.9 Å². The Morgan fingerprint density at radius 3 is 2.07 bits per heavy atom. The summed E-state index contributed by atoms with van der Waals surface area (Å²) in [7, 11) is 0. The molecular formula is C23H17IN2O2S. The number of thioether (sulfide) groups is 1. The summed E-state index contributed by atoms with van der Waals surface area (Å²) in [6, 6.07) is 26.9. The second-order valence-corrected chi connectivity index (χ2v) is 8.76. The van der Waals surface area contributed by atoms with Gasteiger partial charge in [-0.15, -0.1) is 0 Å². The van der Waals surface area contributed by atoms with E-state index in [0.717, 1.165) is 19.7 Å². The molecule has 0 spiro atoms. The summed E-state index contributed by atoms with van der Waals surface area (Å²) >= 11 is 3.54. The van der Waals surface area contributed by atoms with Crippen LogP contribution in [0.2, 0.25) is 0 Å². The predicted molar refractivity (Wildman–Crippen MR) is 124 cm³/mol. The molecule has 0 aliphatic carbocycles. The fraction of sp³-hybridized carbons (Fsp3) is 0.0435. The van der Waals surface area contributed by atoms with Crippen LogP contribution in [-0.2, 0) is 16.1 Å². The lowest BCUT2D eigenvalue weighted by molar-refractivity contribution is -0.137. The van der Waals surface area contributed by atoms with Crippen LogP contribution in [0.4, 0.5) is 5.69 Å². The number of benzene rings is 3. The van der Waals surface area contributed by atoms with Gasteiger partial charge >= 0.3 is 0 Å². The van der Waals surface area contributed by atoms with Crippen LogP contribution in [0.15, 0.2) is 100 Å². The van der Waals surface area contributed by atoms with Crippen LogP contribution in [0.1, 0.15) is 5.56 Å². The number of anilines is 1. The van der Waals surface area contributed by atoms with Gasteiger partial charge in [0.25, 0.3) is 11.8 Å². The largest absolute Gasteiger partial charge is 0.350 e. The average molecular weight is 512 g/mol. The Balaban J connectivity index is 1.67. The lowest BCUT2D eigenvalue weighted by Crippen LogP contribution is -2.31. The standard InChI is InChI=1S/C23H17IN2O2S/c24-17-11-13-18(14-12-17)25-20-21(29-19-9-5-2-6-10-19)23(28)26(22(20)27)15-16-7-3-1-4-8-16/h1-14,25H,15H2. The van der Waals surface area contributed by atoms with E-state index in [0.29, 0.717) is 10.6 Å². The Kier molecular flexibility index (Phi) is 6.01. The molecule has 0 saturated heterocycles. The average Bonchev–Trinajstić information content (AvgIpc) is 2.96. The van der Waals surface area contributed by atoms with Crippen LogP contribution >= 0.6 is 34.4 Å². The number of rotatable bonds is 6. The van der Waals surface area contributed by atoms with Crippen LogP contribution in [-0.4, -0.2) is 16.7 Å². The third kappa shape index (κ3) is 4.54. The van der Waals surface area contributed by atoms with Crippen molar-refractivity contribution in [3.05, 3.63) is 105 Å². The number of hydrogen-bond acceptors (Lipinski definition) is 4. The van der Waals surface area contributed by atoms with Gasteiger partial charge in [-0.3, -0.25) is 14.5 Å². The monoisotopic (exact) mass is 512 g/mol. The molecule has 4 nitrogen and oxygen atoms in total. The topological polar surface area (TPSA) is 49.4 Å². The maximum absolute atomic E-state index is 13.2. The Hall–Kier alpha value is -2.58. The minimum absolute atomic E-state index is 0.245. The summed E-state index contributed by atoms with van der Waals surface area (Å²) in [5, 5.41) is 3.18. The zero-order chi connectivity index (χ0) is 20.2. The summed E-state index contributed by atoms with van der Waals surface area (Å²) in [6.07, 6.45) is 0. The highest BCUT2D eigenvalue weighted by molar-refractivity contribution is 14.1. The van der Waals surface area contributed by atoms with Gasteiger partial charge in [-0.05, 0) is 64.6 Å². The Bertz CT molecular complexity index is 1070. The van der Waals surface area contributed by atoms with Crippen molar-refractivity contribution in [1.82, 2.24) is 4.90 Å². The minimum Gasteiger partial charge on any atom is -0.350 e. The summed E-state index contributed by atoms with van der Waals surface area (Å²) in [5.41, 5.74) is 2.00. The molecule has 0 saturated carbocycles. The molecule has 1 aliphatic heterocycles. The molecule has 144 valence electrons. The van der Waals surface area contributed by atoms with E-state index in [1.807, 2.05) is 84.9 Å². The van der Waals surface area contributed by atoms with Crippen molar-refractivity contribution in [3.8, 4) is 0 Å². The van der Waals surface area contributed by atoms with Crippen LogP contribution in [0.5, 0.6) is 0 Å². The lowest BCUT2D eigenvalue weighted by atomic mass is 10.2. The smallest absolute Gasteiger partial charge is 0.278 e. The summed E-state index contributed by atoms with van der Waals surface area (Å²) in [5.74, 6) is -0.587. The van der Waals surface area contributed by atoms with E-state index in [1.165, 1.54) is 16.7 Å². The normalized spacial score (nSPS) is 13.9. The van der Waals surface area contributed by atoms with Gasteiger partial charge in [-0.25, -0.2) is 0 Å². The van der Waals surface area contributed by atoms with Crippen molar-refractivity contribution in [3.63, 3.8) is 0 Å². The molecule has 0 fully saturated rings. The van der Waals surface area contributed by atoms with Crippen LogP contribution < -0.4 is 5.32 Å². The number of amides is 2. The van der Waals surface area contributed by atoms with Crippen molar-refractivity contribution in [1.29, 1.82) is 0 Å². The molecule has 1 heterocycles. The highest BCUT2D eigenvalue weighted by Crippen LogP contribution is 2.36. The highest BCUT2D eigenvalue weighted by Gasteiger charge is 2.39. The van der Waals surface area contributed by atoms with Crippen molar-refractivity contribution in [2.75, 3.05) is 5.32 Å². The molecule has 4 rings (SSSR count). The molecule has 0 atom stereocenters. The van der Waals surface area contributed by atoms with Crippen LogP contribution in [0.25, 0.3) is 0 Å². The Labute approximate surface area is 187 Å². The molecule has 2 amide bonds. The zero-order valence-electron chi connectivity index (χ0n) is 15.3. The van der Waals surface area contributed by atoms with Crippen LogP contribution in [0, 0.1) is 3.57 Å². The van der Waals surface area contributed by atoms with E-state index >= 15 is 0 Å². The van der Waals surface area contributed by atoms with Gasteiger partial charge in [-0.2, -0.15) is 0 Å². The number of halogens is 1. The summed E-state index contributed by atoms with van der Waals surface area (Å²) < 4.78 is 1.10. The van der Waals surface area contributed by atoms with Crippen molar-refractivity contribution in [2.45, 2.75) is 11.4 Å². The second-order valence-electron chi connectivity index (χ2n) is 6.43. The van der Waals surface area contributed by atoms with Gasteiger partial charge in [-0.1, -0.05) is 60.3 Å². The van der Waals surface area contributed by atoms with E-state index in [9.17, 15) is 9.59 Å². The fourth-order valence-corrected chi connectivity index (χ4v) is 4.28. The van der Waals surface area contributed by atoms with Gasteiger partial charge in [0.05, 0.1) is 6.54 Å². The first-order chi connectivity index (χ1) is 14.1. The van der Waals surface area contributed by atoms with Gasteiger partial charge in [0, 0.05) is 14.2 Å². The second kappa shape index (κ2) is 8.84. The molecule has 0 bridgehead atoms. The third-order valence-corrected chi connectivity index (χ3v) is 6.20. The molecular weight excluding hydrogens is 495 g/mol. The van der Waals surface area contributed by atoms with E-state index in [2.05, 4.69) is 27.9 Å². The van der Waals surface area contributed by atoms with Crippen molar-refractivity contribution < 1.29 is 9.59 Å². The molecule has 0 unspecified atom stereocenters. The molecule has 1 N–H and O–H groups in total. The quantitative estimate of drug-likeness (QED) is 0.361. The molecule has 6 heteroatoms. The first-order valence-corrected chi connectivity index (χ1v) is 10.9. The first-order valence-electron chi connectivity index (χ1n) is 9.02. The minimum atomic E-state index is -0.309.